The molecule has 3 heteroatoms. The SMILES string of the molecule is CCC1CC(NCC2CC2)CN(C(=O)C(C)C)C1. The Bertz CT molecular complexity index is 286. The van der Waals surface area contributed by atoms with Crippen LogP contribution in [-0.4, -0.2) is 36.5 Å². The van der Waals surface area contributed by atoms with Crippen molar-refractivity contribution in [3.8, 4) is 0 Å². The van der Waals surface area contributed by atoms with Crippen LogP contribution < -0.4 is 5.32 Å². The molecule has 0 aromatic rings. The molecule has 0 spiro atoms. The molecule has 1 aliphatic carbocycles. The second kappa shape index (κ2) is 6.05. The lowest BCUT2D eigenvalue weighted by Crippen LogP contribution is -2.52. The van der Waals surface area contributed by atoms with Crippen molar-refractivity contribution < 1.29 is 4.79 Å². The van der Waals surface area contributed by atoms with Gasteiger partial charge in [0.05, 0.1) is 0 Å². The molecule has 2 unspecified atom stereocenters. The lowest BCUT2D eigenvalue weighted by atomic mass is 9.91. The zero-order valence-corrected chi connectivity index (χ0v) is 12.1. The first kappa shape index (κ1) is 13.9. The van der Waals surface area contributed by atoms with E-state index in [1.54, 1.807) is 0 Å². The first-order valence-corrected chi connectivity index (χ1v) is 7.62. The predicted octanol–water partition coefficient (Wildman–Crippen LogP) is 2.27. The third kappa shape index (κ3) is 3.71. The van der Waals surface area contributed by atoms with E-state index in [1.807, 2.05) is 13.8 Å². The van der Waals surface area contributed by atoms with E-state index in [1.165, 1.54) is 25.7 Å². The highest BCUT2D eigenvalue weighted by molar-refractivity contribution is 5.78. The summed E-state index contributed by atoms with van der Waals surface area (Å²) in [5, 5.41) is 3.68. The van der Waals surface area contributed by atoms with E-state index < -0.39 is 0 Å². The summed E-state index contributed by atoms with van der Waals surface area (Å²) < 4.78 is 0. The predicted molar refractivity (Wildman–Crippen MR) is 74.3 cm³/mol. The minimum atomic E-state index is 0.129. The minimum absolute atomic E-state index is 0.129. The van der Waals surface area contributed by atoms with Crippen LogP contribution in [-0.2, 0) is 4.79 Å². The van der Waals surface area contributed by atoms with Crippen molar-refractivity contribution in [1.82, 2.24) is 10.2 Å². The molecule has 3 nitrogen and oxygen atoms in total. The van der Waals surface area contributed by atoms with Gasteiger partial charge in [0.1, 0.15) is 0 Å². The molecule has 104 valence electrons. The summed E-state index contributed by atoms with van der Waals surface area (Å²) >= 11 is 0. The molecule has 18 heavy (non-hydrogen) atoms. The van der Waals surface area contributed by atoms with Gasteiger partial charge in [-0.15, -0.1) is 0 Å². The highest BCUT2D eigenvalue weighted by Crippen LogP contribution is 2.28. The number of hydrogen-bond donors (Lipinski definition) is 1. The monoisotopic (exact) mass is 252 g/mol. The van der Waals surface area contributed by atoms with Gasteiger partial charge in [-0.2, -0.15) is 0 Å². The van der Waals surface area contributed by atoms with Crippen LogP contribution in [0.5, 0.6) is 0 Å². The number of nitrogens with one attached hydrogen (secondary N) is 1. The van der Waals surface area contributed by atoms with Crippen molar-refractivity contribution in [2.45, 2.75) is 52.5 Å². The number of carbonyl (C=O) groups is 1. The van der Waals surface area contributed by atoms with Gasteiger partial charge in [0, 0.05) is 25.0 Å². The molecule has 2 atom stereocenters. The summed E-state index contributed by atoms with van der Waals surface area (Å²) in [5.41, 5.74) is 0. The molecule has 1 heterocycles. The Hall–Kier alpha value is -0.570. The average molecular weight is 252 g/mol. The number of rotatable bonds is 5. The number of hydrogen-bond acceptors (Lipinski definition) is 2. The van der Waals surface area contributed by atoms with Crippen LogP contribution in [0.1, 0.15) is 46.5 Å². The highest BCUT2D eigenvalue weighted by Gasteiger charge is 2.31. The van der Waals surface area contributed by atoms with Crippen LogP contribution in [0.3, 0.4) is 0 Å². The average Bonchev–Trinajstić information content (AvgIpc) is 3.18. The van der Waals surface area contributed by atoms with E-state index >= 15 is 0 Å². The van der Waals surface area contributed by atoms with Gasteiger partial charge >= 0.3 is 0 Å². The van der Waals surface area contributed by atoms with E-state index in [9.17, 15) is 4.79 Å². The van der Waals surface area contributed by atoms with Gasteiger partial charge in [-0.3, -0.25) is 4.79 Å². The van der Waals surface area contributed by atoms with E-state index in [4.69, 9.17) is 0 Å². The molecule has 2 rings (SSSR count). The molecule has 1 saturated carbocycles. The van der Waals surface area contributed by atoms with Crippen LogP contribution in [0.2, 0.25) is 0 Å². The number of piperidine rings is 1. The van der Waals surface area contributed by atoms with Crippen molar-refractivity contribution >= 4 is 5.91 Å². The topological polar surface area (TPSA) is 32.3 Å². The van der Waals surface area contributed by atoms with Gasteiger partial charge in [0.2, 0.25) is 5.91 Å². The number of likely N-dealkylation sites (tertiary alicyclic amines) is 1. The van der Waals surface area contributed by atoms with Crippen LogP contribution in [0, 0.1) is 17.8 Å². The maximum Gasteiger partial charge on any atom is 0.225 e. The third-order valence-electron chi connectivity index (χ3n) is 4.31. The molecular weight excluding hydrogens is 224 g/mol. The van der Waals surface area contributed by atoms with E-state index in [2.05, 4.69) is 17.1 Å². The van der Waals surface area contributed by atoms with Gasteiger partial charge in [0.25, 0.3) is 0 Å². The molecule has 2 fully saturated rings. The highest BCUT2D eigenvalue weighted by atomic mass is 16.2. The number of nitrogens with zero attached hydrogens (tertiary/aromatic N) is 1. The van der Waals surface area contributed by atoms with Gasteiger partial charge in [-0.25, -0.2) is 0 Å². The molecule has 1 N–H and O–H groups in total. The summed E-state index contributed by atoms with van der Waals surface area (Å²) in [6, 6.07) is 0.520. The molecule has 0 bridgehead atoms. The van der Waals surface area contributed by atoms with Crippen molar-refractivity contribution in [3.63, 3.8) is 0 Å². The van der Waals surface area contributed by atoms with Crippen LogP contribution in [0.4, 0.5) is 0 Å². The van der Waals surface area contributed by atoms with Gasteiger partial charge < -0.3 is 10.2 Å². The molecule has 1 aliphatic heterocycles. The van der Waals surface area contributed by atoms with Crippen molar-refractivity contribution in [3.05, 3.63) is 0 Å². The Morgan fingerprint density at radius 3 is 2.56 bits per heavy atom. The maximum absolute atomic E-state index is 12.2. The van der Waals surface area contributed by atoms with Gasteiger partial charge in [-0.05, 0) is 37.6 Å². The molecular formula is C15H28N2O. The summed E-state index contributed by atoms with van der Waals surface area (Å²) in [4.78, 5) is 14.2. The summed E-state index contributed by atoms with van der Waals surface area (Å²) in [5.74, 6) is 2.05. The zero-order chi connectivity index (χ0) is 13.1. The van der Waals surface area contributed by atoms with Gasteiger partial charge in [-0.1, -0.05) is 27.2 Å². The fraction of sp³-hybridized carbons (Fsp3) is 0.933. The Balaban J connectivity index is 1.87. The Morgan fingerprint density at radius 1 is 1.28 bits per heavy atom. The summed E-state index contributed by atoms with van der Waals surface area (Å²) in [6.07, 6.45) is 5.21. The van der Waals surface area contributed by atoms with Crippen molar-refractivity contribution in [1.29, 1.82) is 0 Å². The second-order valence-electron chi connectivity index (χ2n) is 6.46. The maximum atomic E-state index is 12.2. The largest absolute Gasteiger partial charge is 0.341 e. The second-order valence-corrected chi connectivity index (χ2v) is 6.46. The Morgan fingerprint density at radius 2 is 2.00 bits per heavy atom. The smallest absolute Gasteiger partial charge is 0.225 e. The lowest BCUT2D eigenvalue weighted by molar-refractivity contribution is -0.136. The Kier molecular flexibility index (Phi) is 4.66. The van der Waals surface area contributed by atoms with Crippen LogP contribution >= 0.6 is 0 Å². The molecule has 0 aromatic carbocycles. The molecule has 0 radical (unpaired) electrons. The molecule has 2 aliphatic rings. The number of amides is 1. The van der Waals surface area contributed by atoms with E-state index in [0.29, 0.717) is 17.9 Å². The lowest BCUT2D eigenvalue weighted by Gasteiger charge is -2.39. The zero-order valence-electron chi connectivity index (χ0n) is 12.1. The van der Waals surface area contributed by atoms with Gasteiger partial charge in [0.15, 0.2) is 0 Å². The molecule has 1 saturated heterocycles. The van der Waals surface area contributed by atoms with Crippen LogP contribution in [0.25, 0.3) is 0 Å². The van der Waals surface area contributed by atoms with E-state index in [-0.39, 0.29) is 5.92 Å². The fourth-order valence-corrected chi connectivity index (χ4v) is 2.85. The van der Waals surface area contributed by atoms with Crippen molar-refractivity contribution in [2.75, 3.05) is 19.6 Å². The first-order valence-electron chi connectivity index (χ1n) is 7.62. The minimum Gasteiger partial charge on any atom is -0.341 e. The fourth-order valence-electron chi connectivity index (χ4n) is 2.85. The Labute approximate surface area is 111 Å². The summed E-state index contributed by atoms with van der Waals surface area (Å²) in [7, 11) is 0. The molecule has 0 aromatic heterocycles. The summed E-state index contributed by atoms with van der Waals surface area (Å²) in [6.45, 7) is 9.29. The standard InChI is InChI=1S/C15H28N2O/c1-4-12-7-14(16-8-13-5-6-13)10-17(9-12)15(18)11(2)3/h11-14,16H,4-10H2,1-3H3. The quantitative estimate of drug-likeness (QED) is 0.814. The molecule has 1 amide bonds. The van der Waals surface area contributed by atoms with Crippen LogP contribution in [0.15, 0.2) is 0 Å². The first-order chi connectivity index (χ1) is 8.60. The number of carbonyl (C=O) groups excluding carboxylic acids is 1. The van der Waals surface area contributed by atoms with Crippen molar-refractivity contribution in [2.24, 2.45) is 17.8 Å². The normalized spacial score (nSPS) is 28.8. The van der Waals surface area contributed by atoms with E-state index in [0.717, 1.165) is 25.6 Å². The third-order valence-corrected chi connectivity index (χ3v) is 4.31.